The molecule has 0 aliphatic heterocycles. The smallest absolute Gasteiger partial charge is 0.0186 e. The Morgan fingerprint density at radius 2 is 2.29 bits per heavy atom. The van der Waals surface area contributed by atoms with Gasteiger partial charge >= 0.3 is 0 Å². The molecule has 1 N–H and O–H groups in total. The van der Waals surface area contributed by atoms with Crippen molar-refractivity contribution in [3.05, 3.63) is 28.7 Å². The minimum atomic E-state index is 1.07. The summed E-state index contributed by atoms with van der Waals surface area (Å²) in [5.41, 5.74) is 0. The molecule has 0 unspecified atom stereocenters. The second kappa shape index (κ2) is 7.32. The standard InChI is InChI=1S/C11H16BrNS/c1-2-13-7-4-8-14-11-6-3-5-10(12)9-11/h3,5-6,9,13H,2,4,7-8H2,1H3. The molecule has 1 rings (SSSR count). The van der Waals surface area contributed by atoms with Crippen molar-refractivity contribution in [1.29, 1.82) is 0 Å². The molecule has 0 bridgehead atoms. The second-order valence-corrected chi connectivity index (χ2v) is 5.10. The Morgan fingerprint density at radius 3 is 3.00 bits per heavy atom. The van der Waals surface area contributed by atoms with Gasteiger partial charge in [0.2, 0.25) is 0 Å². The molecule has 1 aromatic rings. The lowest BCUT2D eigenvalue weighted by Gasteiger charge is -2.02. The van der Waals surface area contributed by atoms with Gasteiger partial charge in [0.15, 0.2) is 0 Å². The first kappa shape index (κ1) is 12.1. The van der Waals surface area contributed by atoms with Crippen molar-refractivity contribution < 1.29 is 0 Å². The largest absolute Gasteiger partial charge is 0.317 e. The zero-order chi connectivity index (χ0) is 10.2. The number of halogens is 1. The van der Waals surface area contributed by atoms with Crippen LogP contribution < -0.4 is 5.32 Å². The highest BCUT2D eigenvalue weighted by molar-refractivity contribution is 9.10. The number of benzene rings is 1. The highest BCUT2D eigenvalue weighted by Crippen LogP contribution is 2.22. The van der Waals surface area contributed by atoms with Gasteiger partial charge in [-0.25, -0.2) is 0 Å². The molecule has 0 atom stereocenters. The van der Waals surface area contributed by atoms with Crippen LogP contribution in [0.2, 0.25) is 0 Å². The van der Waals surface area contributed by atoms with E-state index in [4.69, 9.17) is 0 Å². The Labute approximate surface area is 98.8 Å². The van der Waals surface area contributed by atoms with Crippen LogP contribution in [-0.2, 0) is 0 Å². The summed E-state index contributed by atoms with van der Waals surface area (Å²) < 4.78 is 1.16. The third kappa shape index (κ3) is 5.03. The maximum absolute atomic E-state index is 3.47. The van der Waals surface area contributed by atoms with Crippen LogP contribution >= 0.6 is 27.7 Å². The van der Waals surface area contributed by atoms with Gasteiger partial charge in [-0.2, -0.15) is 0 Å². The Morgan fingerprint density at radius 1 is 1.43 bits per heavy atom. The number of hydrogen-bond donors (Lipinski definition) is 1. The average Bonchev–Trinajstić information content (AvgIpc) is 2.18. The highest BCUT2D eigenvalue weighted by Gasteiger charge is 1.94. The summed E-state index contributed by atoms with van der Waals surface area (Å²) in [6, 6.07) is 8.46. The summed E-state index contributed by atoms with van der Waals surface area (Å²) in [6.07, 6.45) is 1.23. The van der Waals surface area contributed by atoms with Crippen LogP contribution in [0, 0.1) is 0 Å². The summed E-state index contributed by atoms with van der Waals surface area (Å²) in [4.78, 5) is 1.34. The SMILES string of the molecule is CCNCCCSc1cccc(Br)c1. The molecular formula is C11H16BrNS. The highest BCUT2D eigenvalue weighted by atomic mass is 79.9. The quantitative estimate of drug-likeness (QED) is 0.629. The zero-order valence-corrected chi connectivity index (χ0v) is 10.8. The first-order chi connectivity index (χ1) is 6.83. The van der Waals surface area contributed by atoms with Crippen molar-refractivity contribution in [3.8, 4) is 0 Å². The number of rotatable bonds is 6. The van der Waals surface area contributed by atoms with Crippen LogP contribution in [0.4, 0.5) is 0 Å². The molecular weight excluding hydrogens is 258 g/mol. The van der Waals surface area contributed by atoms with Crippen molar-refractivity contribution in [2.45, 2.75) is 18.2 Å². The maximum Gasteiger partial charge on any atom is 0.0186 e. The molecule has 3 heteroatoms. The van der Waals surface area contributed by atoms with E-state index in [2.05, 4.69) is 52.4 Å². The fourth-order valence-corrected chi connectivity index (χ4v) is 2.58. The molecule has 14 heavy (non-hydrogen) atoms. The van der Waals surface area contributed by atoms with Gasteiger partial charge in [0.1, 0.15) is 0 Å². The maximum atomic E-state index is 3.47. The lowest BCUT2D eigenvalue weighted by molar-refractivity contribution is 0.707. The molecule has 78 valence electrons. The zero-order valence-electron chi connectivity index (χ0n) is 8.42. The van der Waals surface area contributed by atoms with E-state index >= 15 is 0 Å². The number of hydrogen-bond acceptors (Lipinski definition) is 2. The predicted octanol–water partition coefficient (Wildman–Crippen LogP) is 3.54. The lowest BCUT2D eigenvalue weighted by atomic mass is 10.4. The lowest BCUT2D eigenvalue weighted by Crippen LogP contribution is -2.14. The minimum Gasteiger partial charge on any atom is -0.317 e. The molecule has 0 saturated heterocycles. The van der Waals surface area contributed by atoms with Crippen molar-refractivity contribution >= 4 is 27.7 Å². The Bertz CT molecular complexity index is 265. The van der Waals surface area contributed by atoms with Gasteiger partial charge in [0.05, 0.1) is 0 Å². The van der Waals surface area contributed by atoms with E-state index in [1.165, 1.54) is 17.1 Å². The van der Waals surface area contributed by atoms with E-state index in [1.807, 2.05) is 11.8 Å². The molecule has 0 aliphatic carbocycles. The van der Waals surface area contributed by atoms with Crippen LogP contribution in [0.1, 0.15) is 13.3 Å². The predicted molar refractivity (Wildman–Crippen MR) is 68.0 cm³/mol. The van der Waals surface area contributed by atoms with Gasteiger partial charge in [0, 0.05) is 9.37 Å². The van der Waals surface area contributed by atoms with Crippen LogP contribution in [0.3, 0.4) is 0 Å². The summed E-state index contributed by atoms with van der Waals surface area (Å²) in [6.45, 7) is 4.33. The van der Waals surface area contributed by atoms with Crippen molar-refractivity contribution in [1.82, 2.24) is 5.32 Å². The van der Waals surface area contributed by atoms with Crippen molar-refractivity contribution in [2.24, 2.45) is 0 Å². The topological polar surface area (TPSA) is 12.0 Å². The van der Waals surface area contributed by atoms with Gasteiger partial charge in [-0.05, 0) is 43.5 Å². The van der Waals surface area contributed by atoms with E-state index in [0.29, 0.717) is 0 Å². The molecule has 0 spiro atoms. The van der Waals surface area contributed by atoms with Gasteiger partial charge in [-0.15, -0.1) is 11.8 Å². The first-order valence-electron chi connectivity index (χ1n) is 4.92. The van der Waals surface area contributed by atoms with E-state index in [1.54, 1.807) is 0 Å². The molecule has 0 heterocycles. The van der Waals surface area contributed by atoms with Crippen LogP contribution in [0.5, 0.6) is 0 Å². The van der Waals surface area contributed by atoms with Crippen molar-refractivity contribution in [2.75, 3.05) is 18.8 Å². The third-order valence-corrected chi connectivity index (χ3v) is 3.39. The van der Waals surface area contributed by atoms with Crippen molar-refractivity contribution in [3.63, 3.8) is 0 Å². The van der Waals surface area contributed by atoms with E-state index < -0.39 is 0 Å². The van der Waals surface area contributed by atoms with Crippen LogP contribution in [0.25, 0.3) is 0 Å². The molecule has 0 radical (unpaired) electrons. The van der Waals surface area contributed by atoms with Gasteiger partial charge in [-0.1, -0.05) is 28.9 Å². The Hall–Kier alpha value is 0.01000. The monoisotopic (exact) mass is 273 g/mol. The molecule has 0 fully saturated rings. The number of thioether (sulfide) groups is 1. The fourth-order valence-electron chi connectivity index (χ4n) is 1.12. The molecule has 0 aromatic heterocycles. The summed E-state index contributed by atoms with van der Waals surface area (Å²) in [5.74, 6) is 1.18. The summed E-state index contributed by atoms with van der Waals surface area (Å²) >= 11 is 5.39. The van der Waals surface area contributed by atoms with Gasteiger partial charge in [0.25, 0.3) is 0 Å². The van der Waals surface area contributed by atoms with E-state index in [9.17, 15) is 0 Å². The number of nitrogens with one attached hydrogen (secondary N) is 1. The van der Waals surface area contributed by atoms with Gasteiger partial charge in [-0.3, -0.25) is 0 Å². The summed E-state index contributed by atoms with van der Waals surface area (Å²) in [7, 11) is 0. The molecule has 1 aromatic carbocycles. The van der Waals surface area contributed by atoms with E-state index in [-0.39, 0.29) is 0 Å². The molecule has 0 aliphatic rings. The molecule has 1 nitrogen and oxygen atoms in total. The third-order valence-electron chi connectivity index (χ3n) is 1.81. The summed E-state index contributed by atoms with van der Waals surface area (Å²) in [5, 5.41) is 3.32. The molecule has 0 amide bonds. The normalized spacial score (nSPS) is 10.4. The average molecular weight is 274 g/mol. The minimum absolute atomic E-state index is 1.07. The Balaban J connectivity index is 2.18. The fraction of sp³-hybridized carbons (Fsp3) is 0.455. The Kier molecular flexibility index (Phi) is 6.32. The molecule has 0 saturated carbocycles. The van der Waals surface area contributed by atoms with Crippen LogP contribution in [0.15, 0.2) is 33.6 Å². The first-order valence-corrected chi connectivity index (χ1v) is 6.70. The van der Waals surface area contributed by atoms with Gasteiger partial charge < -0.3 is 5.32 Å². The van der Waals surface area contributed by atoms with Crippen LogP contribution in [-0.4, -0.2) is 18.8 Å². The second-order valence-electron chi connectivity index (χ2n) is 3.01. The van der Waals surface area contributed by atoms with E-state index in [0.717, 1.165) is 17.6 Å².